The summed E-state index contributed by atoms with van der Waals surface area (Å²) in [5, 5.41) is 0. The lowest BCUT2D eigenvalue weighted by atomic mass is 10.2. The Hall–Kier alpha value is -2.54. The monoisotopic (exact) mass is 369 g/mol. The number of aromatic nitrogens is 2. The third-order valence-corrected chi connectivity index (χ3v) is 5.25. The van der Waals surface area contributed by atoms with Crippen molar-refractivity contribution in [3.8, 4) is 0 Å². The first kappa shape index (κ1) is 17.9. The van der Waals surface area contributed by atoms with Crippen molar-refractivity contribution in [2.24, 2.45) is 0 Å². The predicted molar refractivity (Wildman–Crippen MR) is 101 cm³/mol. The highest BCUT2D eigenvalue weighted by molar-refractivity contribution is 5.93. The van der Waals surface area contributed by atoms with E-state index in [0.29, 0.717) is 24.6 Å². The lowest BCUT2D eigenvalue weighted by Gasteiger charge is -2.34. The number of halogens is 1. The summed E-state index contributed by atoms with van der Waals surface area (Å²) in [5.41, 5.74) is 1.63. The number of hydrogen-bond donors (Lipinski definition) is 0. The topological polar surface area (TPSA) is 52.6 Å². The van der Waals surface area contributed by atoms with E-state index >= 15 is 0 Å². The summed E-state index contributed by atoms with van der Waals surface area (Å²) >= 11 is 0. The molecule has 1 aromatic carbocycles. The van der Waals surface area contributed by atoms with Crippen LogP contribution in [-0.2, 0) is 6.54 Å². The van der Waals surface area contributed by atoms with Gasteiger partial charge in [0.2, 0.25) is 5.95 Å². The van der Waals surface area contributed by atoms with Gasteiger partial charge in [0.15, 0.2) is 0 Å². The third kappa shape index (κ3) is 4.24. The molecule has 0 unspecified atom stereocenters. The highest BCUT2D eigenvalue weighted by Crippen LogP contribution is 2.16. The Labute approximate surface area is 158 Å². The normalized spacial score (nSPS) is 18.1. The van der Waals surface area contributed by atoms with Gasteiger partial charge in [0.25, 0.3) is 5.91 Å². The summed E-state index contributed by atoms with van der Waals surface area (Å²) in [7, 11) is 0. The molecule has 0 saturated carbocycles. The molecule has 1 amide bonds. The second kappa shape index (κ2) is 8.00. The first-order valence-electron chi connectivity index (χ1n) is 9.52. The molecule has 2 aromatic rings. The molecule has 142 valence electrons. The largest absolute Gasteiger partial charge is 0.341 e. The van der Waals surface area contributed by atoms with Crippen molar-refractivity contribution in [1.82, 2.24) is 19.8 Å². The van der Waals surface area contributed by atoms with Gasteiger partial charge < -0.3 is 9.80 Å². The summed E-state index contributed by atoms with van der Waals surface area (Å²) in [6.07, 6.45) is 5.64. The number of carbonyl (C=O) groups is 1. The molecule has 1 aromatic heterocycles. The number of amides is 1. The van der Waals surface area contributed by atoms with Crippen molar-refractivity contribution in [1.29, 1.82) is 0 Å². The maximum absolute atomic E-state index is 13.0. The summed E-state index contributed by atoms with van der Waals surface area (Å²) in [5.74, 6) is 0.490. The SMILES string of the molecule is O=C(c1cnc(N2CCCC2)nc1)N1CCN(Cc2ccc(F)cc2)CC1. The molecule has 3 heterocycles. The fourth-order valence-electron chi connectivity index (χ4n) is 3.65. The van der Waals surface area contributed by atoms with E-state index in [1.807, 2.05) is 17.0 Å². The van der Waals surface area contributed by atoms with Crippen LogP contribution >= 0.6 is 0 Å². The number of anilines is 1. The second-order valence-corrected chi connectivity index (χ2v) is 7.16. The van der Waals surface area contributed by atoms with Crippen LogP contribution in [0.3, 0.4) is 0 Å². The van der Waals surface area contributed by atoms with Crippen molar-refractivity contribution in [3.63, 3.8) is 0 Å². The van der Waals surface area contributed by atoms with Gasteiger partial charge in [-0.15, -0.1) is 0 Å². The van der Waals surface area contributed by atoms with E-state index in [1.165, 1.54) is 25.0 Å². The number of rotatable bonds is 4. The molecule has 2 aliphatic rings. The maximum Gasteiger partial charge on any atom is 0.257 e. The molecule has 2 fully saturated rings. The highest BCUT2D eigenvalue weighted by Gasteiger charge is 2.23. The van der Waals surface area contributed by atoms with E-state index in [2.05, 4.69) is 19.8 Å². The first-order valence-corrected chi connectivity index (χ1v) is 9.52. The van der Waals surface area contributed by atoms with Crippen LogP contribution in [0.5, 0.6) is 0 Å². The lowest BCUT2D eigenvalue weighted by Crippen LogP contribution is -2.48. The van der Waals surface area contributed by atoms with Crippen molar-refractivity contribution in [2.75, 3.05) is 44.2 Å². The second-order valence-electron chi connectivity index (χ2n) is 7.16. The van der Waals surface area contributed by atoms with Crippen LogP contribution in [0.25, 0.3) is 0 Å². The Morgan fingerprint density at radius 1 is 0.926 bits per heavy atom. The molecule has 2 saturated heterocycles. The van der Waals surface area contributed by atoms with Gasteiger partial charge >= 0.3 is 0 Å². The van der Waals surface area contributed by atoms with Crippen molar-refractivity contribution in [3.05, 3.63) is 53.6 Å². The first-order chi connectivity index (χ1) is 13.2. The average molecular weight is 369 g/mol. The minimum atomic E-state index is -0.216. The number of hydrogen-bond acceptors (Lipinski definition) is 5. The summed E-state index contributed by atoms with van der Waals surface area (Å²) in [6, 6.07) is 6.60. The number of nitrogens with zero attached hydrogens (tertiary/aromatic N) is 5. The van der Waals surface area contributed by atoms with Crippen LogP contribution in [0.2, 0.25) is 0 Å². The quantitative estimate of drug-likeness (QED) is 0.827. The van der Waals surface area contributed by atoms with Crippen LogP contribution < -0.4 is 4.90 Å². The van der Waals surface area contributed by atoms with Crippen LogP contribution in [0.4, 0.5) is 10.3 Å². The summed E-state index contributed by atoms with van der Waals surface area (Å²) in [4.78, 5) is 27.8. The Morgan fingerprint density at radius 3 is 2.19 bits per heavy atom. The Balaban J connectivity index is 1.31. The zero-order valence-corrected chi connectivity index (χ0v) is 15.4. The van der Waals surface area contributed by atoms with Crippen molar-refractivity contribution in [2.45, 2.75) is 19.4 Å². The van der Waals surface area contributed by atoms with E-state index in [-0.39, 0.29) is 11.7 Å². The van der Waals surface area contributed by atoms with Gasteiger partial charge in [0.05, 0.1) is 5.56 Å². The van der Waals surface area contributed by atoms with Gasteiger partial charge in [-0.05, 0) is 30.5 Å². The summed E-state index contributed by atoms with van der Waals surface area (Å²) < 4.78 is 13.0. The molecule has 27 heavy (non-hydrogen) atoms. The molecule has 7 heteroatoms. The van der Waals surface area contributed by atoms with Gasteiger partial charge in [0, 0.05) is 58.2 Å². The molecule has 6 nitrogen and oxygen atoms in total. The predicted octanol–water partition coefficient (Wildman–Crippen LogP) is 2.17. The van der Waals surface area contributed by atoms with E-state index in [1.54, 1.807) is 12.4 Å². The fourth-order valence-corrected chi connectivity index (χ4v) is 3.65. The van der Waals surface area contributed by atoms with E-state index in [4.69, 9.17) is 0 Å². The lowest BCUT2D eigenvalue weighted by molar-refractivity contribution is 0.0627. The molecular weight excluding hydrogens is 345 g/mol. The molecule has 0 spiro atoms. The molecular formula is C20H24FN5O. The fraction of sp³-hybridized carbons (Fsp3) is 0.450. The van der Waals surface area contributed by atoms with Crippen LogP contribution in [0.1, 0.15) is 28.8 Å². The zero-order chi connectivity index (χ0) is 18.6. The molecule has 0 aliphatic carbocycles. The molecule has 2 aliphatic heterocycles. The van der Waals surface area contributed by atoms with Gasteiger partial charge in [-0.25, -0.2) is 14.4 Å². The smallest absolute Gasteiger partial charge is 0.257 e. The minimum Gasteiger partial charge on any atom is -0.341 e. The van der Waals surface area contributed by atoms with Crippen LogP contribution in [0, 0.1) is 5.82 Å². The standard InChI is InChI=1S/C20H24FN5O/c21-18-5-3-16(4-6-18)15-24-9-11-25(12-10-24)19(27)17-13-22-20(23-14-17)26-7-1-2-8-26/h3-6,13-14H,1-2,7-12,15H2. The van der Waals surface area contributed by atoms with E-state index < -0.39 is 0 Å². The third-order valence-electron chi connectivity index (χ3n) is 5.25. The van der Waals surface area contributed by atoms with E-state index in [9.17, 15) is 9.18 Å². The van der Waals surface area contributed by atoms with Gasteiger partial charge in [0.1, 0.15) is 5.82 Å². The van der Waals surface area contributed by atoms with Crippen molar-refractivity contribution < 1.29 is 9.18 Å². The number of carbonyl (C=O) groups excluding carboxylic acids is 1. The molecule has 0 atom stereocenters. The zero-order valence-electron chi connectivity index (χ0n) is 15.4. The maximum atomic E-state index is 13.0. The molecule has 0 radical (unpaired) electrons. The van der Waals surface area contributed by atoms with E-state index in [0.717, 1.165) is 38.3 Å². The Bertz CT molecular complexity index is 766. The average Bonchev–Trinajstić information content (AvgIpc) is 3.25. The molecule has 0 bridgehead atoms. The summed E-state index contributed by atoms with van der Waals surface area (Å²) in [6.45, 7) is 5.70. The number of benzene rings is 1. The Kier molecular flexibility index (Phi) is 5.29. The highest BCUT2D eigenvalue weighted by atomic mass is 19.1. The number of piperazine rings is 1. The van der Waals surface area contributed by atoms with Crippen molar-refractivity contribution >= 4 is 11.9 Å². The Morgan fingerprint density at radius 2 is 1.56 bits per heavy atom. The molecule has 4 rings (SSSR count). The van der Waals surface area contributed by atoms with Gasteiger partial charge in [-0.1, -0.05) is 12.1 Å². The molecule has 0 N–H and O–H groups in total. The van der Waals surface area contributed by atoms with Crippen LogP contribution in [0.15, 0.2) is 36.7 Å². The van der Waals surface area contributed by atoms with Gasteiger partial charge in [-0.3, -0.25) is 9.69 Å². The minimum absolute atomic E-state index is 0.00981. The van der Waals surface area contributed by atoms with Gasteiger partial charge in [-0.2, -0.15) is 0 Å². The van der Waals surface area contributed by atoms with Crippen LogP contribution in [-0.4, -0.2) is 64.9 Å².